The summed E-state index contributed by atoms with van der Waals surface area (Å²) in [7, 11) is 0. The second-order valence-corrected chi connectivity index (χ2v) is 6.11. The number of benzene rings is 1. The van der Waals surface area contributed by atoms with Crippen LogP contribution in [0, 0.1) is 0 Å². The average molecular weight is 360 g/mol. The molecule has 2 N–H and O–H groups in total. The quantitative estimate of drug-likeness (QED) is 0.885. The van der Waals surface area contributed by atoms with Gasteiger partial charge in [-0.15, -0.1) is 0 Å². The molecule has 0 fully saturated rings. The maximum atomic E-state index is 6.14. The first-order valence-corrected chi connectivity index (χ1v) is 7.39. The molecule has 2 aromatic rings. The topological polar surface area (TPSA) is 38.9 Å². The molecule has 0 aliphatic heterocycles. The first-order valence-electron chi connectivity index (χ1n) is 5.84. The number of aromatic nitrogens is 1. The van der Waals surface area contributed by atoms with Gasteiger partial charge in [-0.05, 0) is 52.2 Å². The van der Waals surface area contributed by atoms with Crippen molar-refractivity contribution in [1.82, 2.24) is 4.98 Å². The van der Waals surface area contributed by atoms with Gasteiger partial charge in [0.2, 0.25) is 0 Å². The summed E-state index contributed by atoms with van der Waals surface area (Å²) in [6, 6.07) is 9.55. The summed E-state index contributed by atoms with van der Waals surface area (Å²) < 4.78 is 0.967. The van der Waals surface area contributed by atoms with Crippen molar-refractivity contribution >= 4 is 39.1 Å². The Balaban J connectivity index is 1.98. The number of nitrogens with two attached hydrogens (primary N) is 1. The molecular weight excluding hydrogens is 347 g/mol. The molecule has 100 valence electrons. The largest absolute Gasteiger partial charge is 0.327 e. The Morgan fingerprint density at radius 2 is 1.89 bits per heavy atom. The van der Waals surface area contributed by atoms with Gasteiger partial charge in [-0.1, -0.05) is 29.3 Å². The molecule has 0 amide bonds. The summed E-state index contributed by atoms with van der Waals surface area (Å²) in [5.41, 5.74) is 8.20. The van der Waals surface area contributed by atoms with Crippen molar-refractivity contribution in [2.45, 2.75) is 18.9 Å². The van der Waals surface area contributed by atoms with E-state index in [0.717, 1.165) is 28.6 Å². The molecule has 0 aliphatic rings. The van der Waals surface area contributed by atoms with Crippen molar-refractivity contribution in [3.8, 4) is 0 Å². The fourth-order valence-electron chi connectivity index (χ4n) is 1.84. The van der Waals surface area contributed by atoms with Crippen LogP contribution in [0.4, 0.5) is 0 Å². The normalized spacial score (nSPS) is 12.4. The number of pyridine rings is 1. The summed E-state index contributed by atoms with van der Waals surface area (Å²) in [6.07, 6.45) is 3.25. The number of hydrogen-bond donors (Lipinski definition) is 1. The van der Waals surface area contributed by atoms with Crippen LogP contribution in [0.3, 0.4) is 0 Å². The fourth-order valence-corrected chi connectivity index (χ4v) is 2.39. The minimum absolute atomic E-state index is 0.00548. The zero-order valence-corrected chi connectivity index (χ0v) is 13.2. The van der Waals surface area contributed by atoms with Gasteiger partial charge in [0.05, 0.1) is 10.0 Å². The van der Waals surface area contributed by atoms with Crippen LogP contribution < -0.4 is 5.73 Å². The Hall–Kier alpha value is -0.610. The molecule has 5 heteroatoms. The van der Waals surface area contributed by atoms with Gasteiger partial charge in [0, 0.05) is 28.8 Å². The highest BCUT2D eigenvalue weighted by Crippen LogP contribution is 2.23. The van der Waals surface area contributed by atoms with Crippen LogP contribution in [0.2, 0.25) is 10.0 Å². The maximum Gasteiger partial charge on any atom is 0.0595 e. The van der Waals surface area contributed by atoms with E-state index in [-0.39, 0.29) is 6.04 Å². The van der Waals surface area contributed by atoms with Crippen LogP contribution >= 0.6 is 39.1 Å². The minimum Gasteiger partial charge on any atom is -0.327 e. The highest BCUT2D eigenvalue weighted by Gasteiger charge is 2.08. The Kier molecular flexibility index (Phi) is 5.22. The van der Waals surface area contributed by atoms with E-state index in [1.807, 2.05) is 24.3 Å². The Morgan fingerprint density at radius 3 is 2.53 bits per heavy atom. The number of halogens is 3. The molecule has 0 bridgehead atoms. The summed E-state index contributed by atoms with van der Waals surface area (Å²) in [4.78, 5) is 4.32. The van der Waals surface area contributed by atoms with Crippen molar-refractivity contribution in [2.75, 3.05) is 0 Å². The lowest BCUT2D eigenvalue weighted by atomic mass is 10.0. The Morgan fingerprint density at radius 1 is 1.11 bits per heavy atom. The minimum atomic E-state index is 0.00548. The first-order chi connectivity index (χ1) is 9.04. The predicted molar refractivity (Wildman–Crippen MR) is 83.8 cm³/mol. The smallest absolute Gasteiger partial charge is 0.0595 e. The molecular formula is C14H13BrCl2N2. The van der Waals surface area contributed by atoms with Gasteiger partial charge in [0.15, 0.2) is 0 Å². The molecule has 0 saturated heterocycles. The Labute approximate surface area is 131 Å². The van der Waals surface area contributed by atoms with E-state index in [2.05, 4.69) is 20.9 Å². The van der Waals surface area contributed by atoms with Gasteiger partial charge in [-0.3, -0.25) is 4.98 Å². The van der Waals surface area contributed by atoms with Crippen LogP contribution in [0.25, 0.3) is 0 Å². The molecule has 2 rings (SSSR count). The van der Waals surface area contributed by atoms with E-state index in [0.29, 0.717) is 10.0 Å². The highest BCUT2D eigenvalue weighted by molar-refractivity contribution is 9.10. The lowest BCUT2D eigenvalue weighted by Gasteiger charge is -2.12. The summed E-state index contributed by atoms with van der Waals surface area (Å²) in [5.74, 6) is 0. The molecule has 0 saturated carbocycles. The van der Waals surface area contributed by atoms with Crippen LogP contribution in [0.15, 0.2) is 41.0 Å². The predicted octanol–water partition coefficient (Wildman–Crippen LogP) is 4.26. The standard InChI is InChI=1S/C14H13BrCl2N2/c15-10-2-3-12(19-8-10)7-11(18)5-9-1-4-13(16)14(17)6-9/h1-4,6,8,11H,5,7,18H2. The van der Waals surface area contributed by atoms with Crippen molar-refractivity contribution in [1.29, 1.82) is 0 Å². The van der Waals surface area contributed by atoms with E-state index in [9.17, 15) is 0 Å². The Bertz CT molecular complexity index is 558. The summed E-state index contributed by atoms with van der Waals surface area (Å²) in [5, 5.41) is 1.13. The first kappa shape index (κ1) is 14.8. The van der Waals surface area contributed by atoms with E-state index < -0.39 is 0 Å². The van der Waals surface area contributed by atoms with Gasteiger partial charge >= 0.3 is 0 Å². The molecule has 19 heavy (non-hydrogen) atoms. The van der Waals surface area contributed by atoms with E-state index in [4.69, 9.17) is 28.9 Å². The van der Waals surface area contributed by atoms with Crippen molar-refractivity contribution in [2.24, 2.45) is 5.73 Å². The second kappa shape index (κ2) is 6.71. The lowest BCUT2D eigenvalue weighted by Crippen LogP contribution is -2.25. The van der Waals surface area contributed by atoms with Gasteiger partial charge in [-0.25, -0.2) is 0 Å². The third kappa shape index (κ3) is 4.46. The van der Waals surface area contributed by atoms with E-state index in [1.165, 1.54) is 0 Å². The zero-order valence-electron chi connectivity index (χ0n) is 10.1. The molecule has 1 aromatic heterocycles. The summed E-state index contributed by atoms with van der Waals surface area (Å²) in [6.45, 7) is 0. The van der Waals surface area contributed by atoms with Crippen LogP contribution in [-0.4, -0.2) is 11.0 Å². The summed E-state index contributed by atoms with van der Waals surface area (Å²) >= 11 is 15.2. The number of nitrogens with zero attached hydrogens (tertiary/aromatic N) is 1. The van der Waals surface area contributed by atoms with E-state index >= 15 is 0 Å². The number of hydrogen-bond acceptors (Lipinski definition) is 2. The molecule has 1 unspecified atom stereocenters. The van der Waals surface area contributed by atoms with Gasteiger partial charge in [-0.2, -0.15) is 0 Å². The van der Waals surface area contributed by atoms with Gasteiger partial charge < -0.3 is 5.73 Å². The van der Waals surface area contributed by atoms with Crippen LogP contribution in [0.1, 0.15) is 11.3 Å². The van der Waals surface area contributed by atoms with E-state index in [1.54, 1.807) is 12.3 Å². The fraction of sp³-hybridized carbons (Fsp3) is 0.214. The maximum absolute atomic E-state index is 6.14. The molecule has 1 atom stereocenters. The molecule has 1 heterocycles. The molecule has 0 spiro atoms. The van der Waals surface area contributed by atoms with Crippen molar-refractivity contribution < 1.29 is 0 Å². The van der Waals surface area contributed by atoms with Crippen LogP contribution in [-0.2, 0) is 12.8 Å². The van der Waals surface area contributed by atoms with Crippen LogP contribution in [0.5, 0.6) is 0 Å². The average Bonchev–Trinajstić information content (AvgIpc) is 2.37. The molecule has 0 radical (unpaired) electrons. The molecule has 1 aromatic carbocycles. The molecule has 2 nitrogen and oxygen atoms in total. The van der Waals surface area contributed by atoms with Crippen molar-refractivity contribution in [3.63, 3.8) is 0 Å². The lowest BCUT2D eigenvalue weighted by molar-refractivity contribution is 0.654. The zero-order chi connectivity index (χ0) is 13.8. The highest BCUT2D eigenvalue weighted by atomic mass is 79.9. The number of rotatable bonds is 4. The third-order valence-corrected chi connectivity index (χ3v) is 3.95. The van der Waals surface area contributed by atoms with Gasteiger partial charge in [0.25, 0.3) is 0 Å². The molecule has 0 aliphatic carbocycles. The van der Waals surface area contributed by atoms with Crippen molar-refractivity contribution in [3.05, 3.63) is 62.3 Å². The monoisotopic (exact) mass is 358 g/mol. The SMILES string of the molecule is NC(Cc1ccc(Cl)c(Cl)c1)Cc1ccc(Br)cn1. The second-order valence-electron chi connectivity index (χ2n) is 4.38. The van der Waals surface area contributed by atoms with Gasteiger partial charge in [0.1, 0.15) is 0 Å². The third-order valence-electron chi connectivity index (χ3n) is 2.74.